The van der Waals surface area contributed by atoms with Crippen molar-refractivity contribution in [3.8, 4) is 0 Å². The van der Waals surface area contributed by atoms with Crippen LogP contribution in [0.4, 0.5) is 4.39 Å². The zero-order valence-electron chi connectivity index (χ0n) is 13.1. The normalized spacial score (nSPS) is 14.5. The lowest BCUT2D eigenvalue weighted by atomic mass is 9.97. The summed E-state index contributed by atoms with van der Waals surface area (Å²) in [6.45, 7) is 8.31. The van der Waals surface area contributed by atoms with E-state index in [2.05, 4.69) is 18.7 Å². The van der Waals surface area contributed by atoms with Crippen molar-refractivity contribution in [1.29, 1.82) is 0 Å². The fourth-order valence-electron chi connectivity index (χ4n) is 2.64. The molecule has 0 fully saturated rings. The molecule has 0 aromatic heterocycles. The number of benzene rings is 1. The fraction of sp³-hybridized carbons (Fsp3) is 0.647. The molecule has 0 aliphatic rings. The van der Waals surface area contributed by atoms with E-state index < -0.39 is 0 Å². The Bertz CT molecular complexity index is 371. The summed E-state index contributed by atoms with van der Waals surface area (Å²) >= 11 is 0. The van der Waals surface area contributed by atoms with E-state index in [-0.39, 0.29) is 17.9 Å². The summed E-state index contributed by atoms with van der Waals surface area (Å²) in [7, 11) is 0. The number of hydrogen-bond donors (Lipinski definition) is 1. The molecule has 0 aliphatic heterocycles. The van der Waals surface area contributed by atoms with Gasteiger partial charge in [-0.3, -0.25) is 4.90 Å². The van der Waals surface area contributed by atoms with Crippen molar-refractivity contribution in [2.24, 2.45) is 5.73 Å². The van der Waals surface area contributed by atoms with Crippen LogP contribution in [0.2, 0.25) is 0 Å². The lowest BCUT2D eigenvalue weighted by Crippen LogP contribution is -2.41. The second-order valence-corrected chi connectivity index (χ2v) is 5.57. The maximum absolute atomic E-state index is 14.1. The predicted octanol–water partition coefficient (Wildman–Crippen LogP) is 4.12. The van der Waals surface area contributed by atoms with E-state index in [1.54, 1.807) is 6.07 Å². The molecule has 2 N–H and O–H groups in total. The van der Waals surface area contributed by atoms with Gasteiger partial charge in [-0.2, -0.15) is 0 Å². The summed E-state index contributed by atoms with van der Waals surface area (Å²) in [6.07, 6.45) is 4.54. The monoisotopic (exact) mass is 280 g/mol. The molecule has 1 aromatic rings. The Morgan fingerprint density at radius 2 is 1.65 bits per heavy atom. The highest BCUT2D eigenvalue weighted by molar-refractivity contribution is 5.22. The Labute approximate surface area is 123 Å². The summed E-state index contributed by atoms with van der Waals surface area (Å²) < 4.78 is 14.1. The topological polar surface area (TPSA) is 29.3 Å². The number of nitrogens with two attached hydrogens (primary N) is 1. The summed E-state index contributed by atoms with van der Waals surface area (Å²) in [5.41, 5.74) is 6.90. The van der Waals surface area contributed by atoms with Crippen LogP contribution >= 0.6 is 0 Å². The first-order valence-electron chi connectivity index (χ1n) is 7.85. The molecule has 114 valence electrons. The molecule has 0 amide bonds. The van der Waals surface area contributed by atoms with Gasteiger partial charge in [-0.25, -0.2) is 4.39 Å². The Morgan fingerprint density at radius 1 is 1.10 bits per heavy atom. The third-order valence-corrected chi connectivity index (χ3v) is 3.71. The van der Waals surface area contributed by atoms with Gasteiger partial charge in [0.25, 0.3) is 0 Å². The van der Waals surface area contributed by atoms with E-state index in [0.29, 0.717) is 0 Å². The highest BCUT2D eigenvalue weighted by Gasteiger charge is 2.25. The minimum atomic E-state index is -0.146. The molecular weight excluding hydrogens is 251 g/mol. The maximum Gasteiger partial charge on any atom is 0.128 e. The molecule has 0 radical (unpaired) electrons. The van der Waals surface area contributed by atoms with Gasteiger partial charge in [0, 0.05) is 11.6 Å². The summed E-state index contributed by atoms with van der Waals surface area (Å²) in [5.74, 6) is -0.146. The smallest absolute Gasteiger partial charge is 0.128 e. The van der Waals surface area contributed by atoms with Gasteiger partial charge >= 0.3 is 0 Å². The summed E-state index contributed by atoms with van der Waals surface area (Å²) in [5, 5.41) is 0. The highest BCUT2D eigenvalue weighted by atomic mass is 19.1. The number of rotatable bonds is 9. The first-order chi connectivity index (χ1) is 9.61. The molecule has 0 saturated heterocycles. The lowest BCUT2D eigenvalue weighted by Gasteiger charge is -2.35. The largest absolute Gasteiger partial charge is 0.326 e. The standard InChI is InChI=1S/C17H29FN2/c1-4-6-12-20(13-7-5-2)17(14(3)19)15-10-8-9-11-16(15)18/h8-11,14,17H,4-7,12-13,19H2,1-3H3. The summed E-state index contributed by atoms with van der Waals surface area (Å²) in [6, 6.07) is 6.91. The molecular formula is C17H29FN2. The van der Waals surface area contributed by atoms with Crippen LogP contribution in [0.5, 0.6) is 0 Å². The summed E-state index contributed by atoms with van der Waals surface area (Å²) in [4.78, 5) is 2.36. The van der Waals surface area contributed by atoms with Gasteiger partial charge in [-0.15, -0.1) is 0 Å². The maximum atomic E-state index is 14.1. The second kappa shape index (κ2) is 9.09. The lowest BCUT2D eigenvalue weighted by molar-refractivity contribution is 0.167. The van der Waals surface area contributed by atoms with E-state index >= 15 is 0 Å². The zero-order chi connectivity index (χ0) is 15.0. The average molecular weight is 280 g/mol. The Kier molecular flexibility index (Phi) is 7.78. The Balaban J connectivity index is 2.97. The van der Waals surface area contributed by atoms with Crippen molar-refractivity contribution in [3.05, 3.63) is 35.6 Å². The van der Waals surface area contributed by atoms with Crippen LogP contribution in [0, 0.1) is 5.82 Å². The van der Waals surface area contributed by atoms with Crippen LogP contribution in [0.1, 0.15) is 58.1 Å². The van der Waals surface area contributed by atoms with Crippen molar-refractivity contribution < 1.29 is 4.39 Å². The van der Waals surface area contributed by atoms with Gasteiger partial charge in [0.1, 0.15) is 5.82 Å². The Morgan fingerprint density at radius 3 is 2.10 bits per heavy atom. The van der Waals surface area contributed by atoms with Gasteiger partial charge in [0.05, 0.1) is 6.04 Å². The zero-order valence-corrected chi connectivity index (χ0v) is 13.1. The third kappa shape index (κ3) is 4.88. The molecule has 0 heterocycles. The number of nitrogens with zero attached hydrogens (tertiary/aromatic N) is 1. The molecule has 0 spiro atoms. The van der Waals surface area contributed by atoms with Crippen molar-refractivity contribution in [1.82, 2.24) is 4.90 Å². The molecule has 2 nitrogen and oxygen atoms in total. The van der Waals surface area contributed by atoms with Gasteiger partial charge in [-0.1, -0.05) is 44.9 Å². The van der Waals surface area contributed by atoms with Crippen molar-refractivity contribution >= 4 is 0 Å². The van der Waals surface area contributed by atoms with E-state index in [9.17, 15) is 4.39 Å². The molecule has 2 unspecified atom stereocenters. The molecule has 1 aromatic carbocycles. The van der Waals surface area contributed by atoms with Crippen LogP contribution in [0.15, 0.2) is 24.3 Å². The van der Waals surface area contributed by atoms with Crippen LogP contribution < -0.4 is 5.73 Å². The van der Waals surface area contributed by atoms with Gasteiger partial charge in [0.15, 0.2) is 0 Å². The van der Waals surface area contributed by atoms with Crippen LogP contribution in [-0.2, 0) is 0 Å². The first kappa shape index (κ1) is 17.1. The third-order valence-electron chi connectivity index (χ3n) is 3.71. The number of halogens is 1. The number of hydrogen-bond acceptors (Lipinski definition) is 2. The molecule has 2 atom stereocenters. The molecule has 0 bridgehead atoms. The van der Waals surface area contributed by atoms with E-state index in [0.717, 1.165) is 44.3 Å². The van der Waals surface area contributed by atoms with Crippen LogP contribution in [0.3, 0.4) is 0 Å². The highest BCUT2D eigenvalue weighted by Crippen LogP contribution is 2.26. The molecule has 3 heteroatoms. The first-order valence-corrected chi connectivity index (χ1v) is 7.85. The molecule has 0 saturated carbocycles. The van der Waals surface area contributed by atoms with Gasteiger partial charge in [0.2, 0.25) is 0 Å². The minimum Gasteiger partial charge on any atom is -0.326 e. The molecule has 20 heavy (non-hydrogen) atoms. The van der Waals surface area contributed by atoms with E-state index in [4.69, 9.17) is 5.73 Å². The van der Waals surface area contributed by atoms with Crippen molar-refractivity contribution in [2.45, 2.75) is 58.5 Å². The quantitative estimate of drug-likeness (QED) is 0.737. The average Bonchev–Trinajstić information content (AvgIpc) is 2.43. The van der Waals surface area contributed by atoms with Crippen molar-refractivity contribution in [2.75, 3.05) is 13.1 Å². The van der Waals surface area contributed by atoms with E-state index in [1.807, 2.05) is 19.1 Å². The minimum absolute atomic E-state index is 0.0331. The van der Waals surface area contributed by atoms with Gasteiger partial charge < -0.3 is 5.73 Å². The molecule has 1 rings (SSSR count). The van der Waals surface area contributed by atoms with Crippen LogP contribution in [0.25, 0.3) is 0 Å². The fourth-order valence-corrected chi connectivity index (χ4v) is 2.64. The van der Waals surface area contributed by atoms with Crippen LogP contribution in [-0.4, -0.2) is 24.0 Å². The van der Waals surface area contributed by atoms with Gasteiger partial charge in [-0.05, 0) is 38.9 Å². The predicted molar refractivity (Wildman–Crippen MR) is 84.2 cm³/mol. The second-order valence-electron chi connectivity index (χ2n) is 5.57. The number of unbranched alkanes of at least 4 members (excludes halogenated alkanes) is 2. The van der Waals surface area contributed by atoms with E-state index in [1.165, 1.54) is 6.07 Å². The van der Waals surface area contributed by atoms with Crippen molar-refractivity contribution in [3.63, 3.8) is 0 Å². The molecule has 0 aliphatic carbocycles. The Hall–Kier alpha value is -0.930. The SMILES string of the molecule is CCCCN(CCCC)C(c1ccccc1F)C(C)N.